The van der Waals surface area contributed by atoms with Crippen LogP contribution in [0.5, 0.6) is 11.5 Å². The molecule has 3 rings (SSSR count). The summed E-state index contributed by atoms with van der Waals surface area (Å²) in [4.78, 5) is 37.9. The third-order valence-corrected chi connectivity index (χ3v) is 4.48. The quantitative estimate of drug-likeness (QED) is 0.821. The summed E-state index contributed by atoms with van der Waals surface area (Å²) in [5.41, 5.74) is 0.953. The molecule has 2 atom stereocenters. The van der Waals surface area contributed by atoms with Crippen molar-refractivity contribution in [2.75, 3.05) is 17.3 Å². The van der Waals surface area contributed by atoms with Crippen molar-refractivity contribution < 1.29 is 29.0 Å². The largest absolute Gasteiger partial charge is 0.497 e. The van der Waals surface area contributed by atoms with Gasteiger partial charge in [-0.2, -0.15) is 0 Å². The first-order chi connectivity index (χ1) is 13.3. The molecule has 0 aliphatic carbocycles. The summed E-state index contributed by atoms with van der Waals surface area (Å²) >= 11 is 0. The minimum atomic E-state index is -1.10. The number of nitrogens with one attached hydrogen (secondary N) is 1. The average molecular weight is 384 g/mol. The van der Waals surface area contributed by atoms with Crippen LogP contribution in [0.3, 0.4) is 0 Å². The van der Waals surface area contributed by atoms with Gasteiger partial charge in [-0.3, -0.25) is 14.5 Å². The second-order valence-electron chi connectivity index (χ2n) is 6.35. The van der Waals surface area contributed by atoms with E-state index in [4.69, 9.17) is 14.6 Å². The number of methoxy groups -OCH3 is 1. The number of anilines is 2. The highest BCUT2D eigenvalue weighted by Gasteiger charge is 2.37. The van der Waals surface area contributed by atoms with Gasteiger partial charge in [-0.05, 0) is 56.3 Å². The van der Waals surface area contributed by atoms with Crippen LogP contribution in [0.25, 0.3) is 0 Å². The lowest BCUT2D eigenvalue weighted by atomic mass is 10.1. The number of hydrogen-bond acceptors (Lipinski definition) is 5. The second kappa shape index (κ2) is 7.59. The third kappa shape index (κ3) is 3.62. The normalized spacial score (nSPS) is 16.6. The number of carbonyl (C=O) groups excluding carboxylic acids is 2. The average Bonchev–Trinajstić information content (AvgIpc) is 2.68. The molecule has 0 spiro atoms. The van der Waals surface area contributed by atoms with E-state index in [9.17, 15) is 14.4 Å². The number of aromatic carboxylic acids is 1. The Balaban J connectivity index is 1.87. The Labute approximate surface area is 161 Å². The van der Waals surface area contributed by atoms with Gasteiger partial charge in [0.1, 0.15) is 17.5 Å². The Morgan fingerprint density at radius 2 is 1.89 bits per heavy atom. The molecule has 1 heterocycles. The van der Waals surface area contributed by atoms with E-state index < -0.39 is 18.1 Å². The van der Waals surface area contributed by atoms with Crippen LogP contribution >= 0.6 is 0 Å². The highest BCUT2D eigenvalue weighted by molar-refractivity contribution is 6.08. The van der Waals surface area contributed by atoms with Crippen LogP contribution in [-0.4, -0.2) is 42.1 Å². The van der Waals surface area contributed by atoms with Gasteiger partial charge in [0, 0.05) is 5.69 Å². The summed E-state index contributed by atoms with van der Waals surface area (Å²) in [6, 6.07) is 10.2. The van der Waals surface area contributed by atoms with Crippen LogP contribution in [0.15, 0.2) is 42.5 Å². The molecule has 8 nitrogen and oxygen atoms in total. The number of rotatable bonds is 5. The zero-order valence-electron chi connectivity index (χ0n) is 15.6. The fraction of sp³-hybridized carbons (Fsp3) is 0.250. The van der Waals surface area contributed by atoms with Gasteiger partial charge in [-0.25, -0.2) is 4.79 Å². The third-order valence-electron chi connectivity index (χ3n) is 4.48. The maximum Gasteiger partial charge on any atom is 0.335 e. The van der Waals surface area contributed by atoms with E-state index in [1.165, 1.54) is 23.1 Å². The first-order valence-electron chi connectivity index (χ1n) is 8.64. The fourth-order valence-corrected chi connectivity index (χ4v) is 2.93. The van der Waals surface area contributed by atoms with Crippen molar-refractivity contribution in [2.45, 2.75) is 26.0 Å². The van der Waals surface area contributed by atoms with Gasteiger partial charge in [0.2, 0.25) is 5.91 Å². The van der Waals surface area contributed by atoms with Crippen molar-refractivity contribution in [1.29, 1.82) is 0 Å². The van der Waals surface area contributed by atoms with Gasteiger partial charge in [0.15, 0.2) is 6.10 Å². The first kappa shape index (κ1) is 19.2. The summed E-state index contributed by atoms with van der Waals surface area (Å²) < 4.78 is 10.6. The molecular weight excluding hydrogens is 364 g/mol. The lowest BCUT2D eigenvalue weighted by Crippen LogP contribution is -2.52. The number of hydrogen-bond donors (Lipinski definition) is 2. The van der Waals surface area contributed by atoms with Gasteiger partial charge < -0.3 is 19.9 Å². The zero-order valence-corrected chi connectivity index (χ0v) is 15.6. The monoisotopic (exact) mass is 384 g/mol. The highest BCUT2D eigenvalue weighted by Crippen LogP contribution is 2.36. The number of carboxylic acids is 1. The lowest BCUT2D eigenvalue weighted by molar-refractivity contribution is -0.128. The maximum atomic E-state index is 12.7. The van der Waals surface area contributed by atoms with Crippen molar-refractivity contribution in [2.24, 2.45) is 0 Å². The highest BCUT2D eigenvalue weighted by atomic mass is 16.5. The number of ether oxygens (including phenoxy) is 2. The molecular formula is C20H20N2O6. The van der Waals surface area contributed by atoms with Gasteiger partial charge in [0.25, 0.3) is 5.91 Å². The number of fused-ring (bicyclic) bond motifs is 1. The van der Waals surface area contributed by atoms with Gasteiger partial charge in [-0.15, -0.1) is 0 Å². The van der Waals surface area contributed by atoms with Crippen molar-refractivity contribution in [3.8, 4) is 11.5 Å². The smallest absolute Gasteiger partial charge is 0.335 e. The molecule has 0 aromatic heterocycles. The van der Waals surface area contributed by atoms with E-state index in [0.29, 0.717) is 17.1 Å². The van der Waals surface area contributed by atoms with Crippen molar-refractivity contribution >= 4 is 29.2 Å². The SMILES string of the molecule is COc1ccc(NC(=O)C(C)N2C(=O)C(C)Oc3cc(C(=O)O)ccc32)cc1. The van der Waals surface area contributed by atoms with Crippen LogP contribution < -0.4 is 19.7 Å². The molecule has 2 aromatic rings. The summed E-state index contributed by atoms with van der Waals surface area (Å²) in [6.45, 7) is 3.16. The van der Waals surface area contributed by atoms with E-state index in [2.05, 4.69) is 5.32 Å². The first-order valence-corrected chi connectivity index (χ1v) is 8.64. The predicted molar refractivity (Wildman–Crippen MR) is 102 cm³/mol. The molecule has 2 N–H and O–H groups in total. The number of nitrogens with zero attached hydrogens (tertiary/aromatic N) is 1. The molecule has 8 heteroatoms. The molecule has 0 bridgehead atoms. The molecule has 0 fully saturated rings. The standard InChI is InChI=1S/C20H20N2O6/c1-11(18(23)21-14-5-7-15(27-3)8-6-14)22-16-9-4-13(20(25)26)10-17(16)28-12(2)19(22)24/h4-12H,1-3H3,(H,21,23)(H,25,26). The molecule has 2 amide bonds. The van der Waals surface area contributed by atoms with Crippen LogP contribution in [-0.2, 0) is 9.59 Å². The van der Waals surface area contributed by atoms with Crippen LogP contribution in [0, 0.1) is 0 Å². The Morgan fingerprint density at radius 1 is 1.21 bits per heavy atom. The van der Waals surface area contributed by atoms with Crippen LogP contribution in [0.1, 0.15) is 24.2 Å². The van der Waals surface area contributed by atoms with Gasteiger partial charge in [0.05, 0.1) is 18.4 Å². The predicted octanol–water partition coefficient (Wildman–Crippen LogP) is 2.53. The van der Waals surface area contributed by atoms with Crippen molar-refractivity contribution in [3.63, 3.8) is 0 Å². The van der Waals surface area contributed by atoms with Crippen molar-refractivity contribution in [3.05, 3.63) is 48.0 Å². The lowest BCUT2D eigenvalue weighted by Gasteiger charge is -2.36. The summed E-state index contributed by atoms with van der Waals surface area (Å²) in [6.07, 6.45) is -0.840. The number of amides is 2. The maximum absolute atomic E-state index is 12.7. The second-order valence-corrected chi connectivity index (χ2v) is 6.35. The van der Waals surface area contributed by atoms with E-state index in [1.807, 2.05) is 0 Å². The van der Waals surface area contributed by atoms with Crippen LogP contribution in [0.4, 0.5) is 11.4 Å². The summed E-state index contributed by atoms with van der Waals surface area (Å²) in [5, 5.41) is 11.9. The fourth-order valence-electron chi connectivity index (χ4n) is 2.93. The Kier molecular flexibility index (Phi) is 5.21. The topological polar surface area (TPSA) is 105 Å². The molecule has 2 unspecified atom stereocenters. The molecule has 1 aliphatic heterocycles. The Morgan fingerprint density at radius 3 is 2.50 bits per heavy atom. The van der Waals surface area contributed by atoms with E-state index >= 15 is 0 Å². The Hall–Kier alpha value is -3.55. The molecule has 146 valence electrons. The number of carboxylic acid groups (broad SMARTS) is 1. The summed E-state index contributed by atoms with van der Waals surface area (Å²) in [5.74, 6) is -0.968. The minimum absolute atomic E-state index is 0.0376. The zero-order chi connectivity index (χ0) is 20.4. The van der Waals surface area contributed by atoms with Gasteiger partial charge in [-0.1, -0.05) is 0 Å². The number of benzene rings is 2. The van der Waals surface area contributed by atoms with Crippen LogP contribution in [0.2, 0.25) is 0 Å². The van der Waals surface area contributed by atoms with E-state index in [-0.39, 0.29) is 23.1 Å². The molecule has 28 heavy (non-hydrogen) atoms. The molecule has 0 saturated heterocycles. The Bertz CT molecular complexity index is 925. The summed E-state index contributed by atoms with van der Waals surface area (Å²) in [7, 11) is 1.55. The minimum Gasteiger partial charge on any atom is -0.497 e. The molecule has 0 radical (unpaired) electrons. The van der Waals surface area contributed by atoms with E-state index in [1.54, 1.807) is 45.2 Å². The van der Waals surface area contributed by atoms with Crippen molar-refractivity contribution in [1.82, 2.24) is 0 Å². The molecule has 2 aromatic carbocycles. The number of carbonyl (C=O) groups is 3. The molecule has 0 saturated carbocycles. The van der Waals surface area contributed by atoms with Gasteiger partial charge >= 0.3 is 5.97 Å². The molecule has 1 aliphatic rings. The van der Waals surface area contributed by atoms with E-state index in [0.717, 1.165) is 0 Å².